The van der Waals surface area contributed by atoms with Crippen molar-refractivity contribution >= 4 is 34.9 Å². The zero-order valence-electron chi connectivity index (χ0n) is 16.4. The van der Waals surface area contributed by atoms with Gasteiger partial charge in [-0.3, -0.25) is 14.9 Å². The number of carbonyl (C=O) groups is 3. The Bertz CT molecular complexity index is 933. The first-order chi connectivity index (χ1) is 14.5. The van der Waals surface area contributed by atoms with Crippen molar-refractivity contribution < 1.29 is 31.9 Å². The Morgan fingerprint density at radius 1 is 1.13 bits per heavy atom. The summed E-state index contributed by atoms with van der Waals surface area (Å²) in [5.41, 5.74) is -0.257. The molecule has 0 radical (unpaired) electrons. The number of halogens is 4. The molecule has 0 saturated carbocycles. The maximum Gasteiger partial charge on any atom is 0.405 e. The predicted molar refractivity (Wildman–Crippen MR) is 108 cm³/mol. The second-order valence-electron chi connectivity index (χ2n) is 6.42. The van der Waals surface area contributed by atoms with E-state index >= 15 is 0 Å². The first-order valence-electron chi connectivity index (χ1n) is 9.04. The van der Waals surface area contributed by atoms with Gasteiger partial charge in [-0.25, -0.2) is 9.18 Å². The summed E-state index contributed by atoms with van der Waals surface area (Å²) < 4.78 is 50.8. The van der Waals surface area contributed by atoms with Crippen LogP contribution in [0.4, 0.5) is 28.0 Å². The van der Waals surface area contributed by atoms with Gasteiger partial charge in [0, 0.05) is 28.2 Å². The number of nitrogens with one attached hydrogen (secondary N) is 4. The number of amides is 4. The zero-order valence-corrected chi connectivity index (χ0v) is 17.2. The van der Waals surface area contributed by atoms with E-state index < -0.39 is 42.9 Å². The van der Waals surface area contributed by atoms with Crippen molar-refractivity contribution in [2.24, 2.45) is 0 Å². The molecule has 1 aromatic heterocycles. The van der Waals surface area contributed by atoms with E-state index in [0.29, 0.717) is 13.0 Å². The van der Waals surface area contributed by atoms with Crippen molar-refractivity contribution in [1.29, 1.82) is 0 Å². The van der Waals surface area contributed by atoms with E-state index in [9.17, 15) is 31.9 Å². The van der Waals surface area contributed by atoms with Crippen LogP contribution >= 0.6 is 11.3 Å². The fourth-order valence-electron chi connectivity index (χ4n) is 2.42. The molecular weight excluding hydrogens is 440 g/mol. The maximum atomic E-state index is 14.1. The van der Waals surface area contributed by atoms with Gasteiger partial charge in [0.15, 0.2) is 0 Å². The van der Waals surface area contributed by atoms with Gasteiger partial charge in [0.05, 0.1) is 6.54 Å². The van der Waals surface area contributed by atoms with Gasteiger partial charge in [-0.15, -0.1) is 11.3 Å². The molecule has 0 unspecified atom stereocenters. The highest BCUT2D eigenvalue weighted by Crippen LogP contribution is 2.21. The molecule has 2 aromatic rings. The number of benzene rings is 1. The van der Waals surface area contributed by atoms with Crippen LogP contribution in [0, 0.1) is 12.7 Å². The van der Waals surface area contributed by atoms with E-state index in [0.717, 1.165) is 17.0 Å². The molecule has 2 rings (SSSR count). The molecule has 4 N–H and O–H groups in total. The molecule has 12 heteroatoms. The summed E-state index contributed by atoms with van der Waals surface area (Å²) in [6, 6.07) is 5.02. The Hall–Kier alpha value is -3.15. The average Bonchev–Trinajstić information content (AvgIpc) is 3.20. The van der Waals surface area contributed by atoms with Crippen LogP contribution in [0.15, 0.2) is 29.6 Å². The monoisotopic (exact) mass is 460 g/mol. The smallest absolute Gasteiger partial charge is 0.376 e. The van der Waals surface area contributed by atoms with Crippen LogP contribution in [0.1, 0.15) is 20.8 Å². The van der Waals surface area contributed by atoms with Gasteiger partial charge in [0.1, 0.15) is 12.4 Å². The summed E-state index contributed by atoms with van der Waals surface area (Å²) in [7, 11) is 0. The van der Waals surface area contributed by atoms with Gasteiger partial charge >= 0.3 is 12.2 Å². The molecule has 0 saturated heterocycles. The minimum Gasteiger partial charge on any atom is -0.376 e. The molecule has 0 aliphatic rings. The van der Waals surface area contributed by atoms with Gasteiger partial charge in [0.25, 0.3) is 5.91 Å². The quantitative estimate of drug-likeness (QED) is 0.455. The summed E-state index contributed by atoms with van der Waals surface area (Å²) in [5.74, 6) is -2.68. The third-order valence-corrected chi connectivity index (χ3v) is 4.92. The number of alkyl halides is 3. The van der Waals surface area contributed by atoms with Crippen LogP contribution in [0.5, 0.6) is 0 Å². The minimum atomic E-state index is -4.61. The van der Waals surface area contributed by atoms with Crippen LogP contribution in [0.2, 0.25) is 0 Å². The second kappa shape index (κ2) is 10.8. The summed E-state index contributed by atoms with van der Waals surface area (Å²) in [6.07, 6.45) is -4.00. The summed E-state index contributed by atoms with van der Waals surface area (Å²) in [5, 5.41) is 10.7. The van der Waals surface area contributed by atoms with E-state index in [2.05, 4.69) is 16.0 Å². The summed E-state index contributed by atoms with van der Waals surface area (Å²) in [6.45, 7) is -0.295. The lowest BCUT2D eigenvalue weighted by molar-refractivity contribution is -0.123. The van der Waals surface area contributed by atoms with E-state index in [4.69, 9.17) is 0 Å². The third kappa shape index (κ3) is 8.24. The summed E-state index contributed by atoms with van der Waals surface area (Å²) >= 11 is 1.54. The predicted octanol–water partition coefficient (Wildman–Crippen LogP) is 2.97. The van der Waals surface area contributed by atoms with Crippen molar-refractivity contribution in [3.8, 4) is 0 Å². The van der Waals surface area contributed by atoms with Crippen molar-refractivity contribution in [1.82, 2.24) is 16.0 Å². The van der Waals surface area contributed by atoms with Gasteiger partial charge in [0.2, 0.25) is 5.91 Å². The molecule has 168 valence electrons. The number of hydrogen-bond acceptors (Lipinski definition) is 5. The Balaban J connectivity index is 1.86. The van der Waals surface area contributed by atoms with E-state index in [1.807, 2.05) is 17.5 Å². The van der Waals surface area contributed by atoms with Gasteiger partial charge in [-0.2, -0.15) is 13.2 Å². The lowest BCUT2D eigenvalue weighted by Crippen LogP contribution is -2.42. The van der Waals surface area contributed by atoms with Crippen molar-refractivity contribution in [2.75, 3.05) is 25.0 Å². The molecular formula is C19H20F4N4O3S. The number of anilines is 1. The Morgan fingerprint density at radius 2 is 1.87 bits per heavy atom. The number of urea groups is 1. The molecule has 1 aromatic carbocycles. The van der Waals surface area contributed by atoms with Crippen LogP contribution in [0.3, 0.4) is 0 Å². The Kier molecular flexibility index (Phi) is 8.37. The van der Waals surface area contributed by atoms with Gasteiger partial charge in [-0.1, -0.05) is 6.07 Å². The first-order valence-corrected chi connectivity index (χ1v) is 9.92. The molecule has 4 amide bonds. The fraction of sp³-hybridized carbons (Fsp3) is 0.316. The lowest BCUT2D eigenvalue weighted by Gasteiger charge is -2.13. The first kappa shape index (κ1) is 24.1. The molecule has 1 heterocycles. The van der Waals surface area contributed by atoms with Crippen LogP contribution in [-0.4, -0.2) is 43.7 Å². The average molecular weight is 460 g/mol. The van der Waals surface area contributed by atoms with Crippen LogP contribution in [-0.2, 0) is 11.2 Å². The number of hydrogen-bond donors (Lipinski definition) is 4. The highest BCUT2D eigenvalue weighted by molar-refractivity contribution is 7.09. The molecule has 31 heavy (non-hydrogen) atoms. The highest BCUT2D eigenvalue weighted by atomic mass is 32.1. The highest BCUT2D eigenvalue weighted by Gasteiger charge is 2.28. The molecule has 0 aliphatic heterocycles. The lowest BCUT2D eigenvalue weighted by atomic mass is 10.1. The second-order valence-corrected chi connectivity index (χ2v) is 7.45. The van der Waals surface area contributed by atoms with Gasteiger partial charge in [-0.05, 0) is 36.9 Å². The molecule has 7 nitrogen and oxygen atoms in total. The standard InChI is InChI=1S/C19H20F4N4O3S/c1-11-14(20)7-12(17(29)26-10-19(21,22)23)8-15(11)25-9-16(28)27-18(30)24-5-4-13-3-2-6-31-13/h2-3,6-8,25H,4-5,9-10H2,1H3,(H,26,29)(H2,24,27,28,30). The molecule has 0 spiro atoms. The number of rotatable bonds is 8. The maximum absolute atomic E-state index is 14.1. The van der Waals surface area contributed by atoms with E-state index in [-0.39, 0.29) is 16.8 Å². The Labute approximate surface area is 179 Å². The Morgan fingerprint density at radius 3 is 2.52 bits per heavy atom. The molecule has 0 aliphatic carbocycles. The van der Waals surface area contributed by atoms with E-state index in [1.54, 1.807) is 16.7 Å². The number of thiophene rings is 1. The normalized spacial score (nSPS) is 11.0. The van der Waals surface area contributed by atoms with E-state index in [1.165, 1.54) is 6.92 Å². The zero-order chi connectivity index (χ0) is 23.0. The SMILES string of the molecule is Cc1c(F)cc(C(=O)NCC(F)(F)F)cc1NCC(=O)NC(=O)NCCc1cccs1. The third-order valence-electron chi connectivity index (χ3n) is 3.99. The molecule has 0 fully saturated rings. The number of carbonyl (C=O) groups excluding carboxylic acids is 3. The molecule has 0 atom stereocenters. The molecule has 0 bridgehead atoms. The van der Waals surface area contributed by atoms with Gasteiger partial charge < -0.3 is 16.0 Å². The summed E-state index contributed by atoms with van der Waals surface area (Å²) in [4.78, 5) is 36.6. The van der Waals surface area contributed by atoms with Crippen molar-refractivity contribution in [2.45, 2.75) is 19.5 Å². The van der Waals surface area contributed by atoms with Crippen molar-refractivity contribution in [3.05, 3.63) is 51.5 Å². The van der Waals surface area contributed by atoms with Crippen molar-refractivity contribution in [3.63, 3.8) is 0 Å². The number of imide groups is 1. The van der Waals surface area contributed by atoms with Crippen LogP contribution < -0.4 is 21.3 Å². The largest absolute Gasteiger partial charge is 0.405 e. The van der Waals surface area contributed by atoms with Crippen LogP contribution in [0.25, 0.3) is 0 Å². The minimum absolute atomic E-state index is 0.0328. The topological polar surface area (TPSA) is 99.3 Å². The fourth-order valence-corrected chi connectivity index (χ4v) is 3.13.